The van der Waals surface area contributed by atoms with E-state index in [4.69, 9.17) is 5.73 Å². The number of anilines is 1. The summed E-state index contributed by atoms with van der Waals surface area (Å²) in [6, 6.07) is 19.5. The molecule has 33 heavy (non-hydrogen) atoms. The first-order valence-corrected chi connectivity index (χ1v) is 12.0. The summed E-state index contributed by atoms with van der Waals surface area (Å²) >= 11 is 2.85. The van der Waals surface area contributed by atoms with Crippen LogP contribution in [-0.4, -0.2) is 21.2 Å². The van der Waals surface area contributed by atoms with Crippen molar-refractivity contribution in [2.45, 2.75) is 13.3 Å². The number of hydrogen-bond donors (Lipinski definition) is 2. The van der Waals surface area contributed by atoms with Crippen molar-refractivity contribution in [2.24, 2.45) is 5.73 Å². The van der Waals surface area contributed by atoms with Crippen LogP contribution in [0.1, 0.15) is 20.9 Å². The van der Waals surface area contributed by atoms with Gasteiger partial charge in [-0.25, -0.2) is 4.98 Å². The minimum absolute atomic E-state index is 0.153. The molecule has 0 radical (unpaired) electrons. The molecule has 3 heterocycles. The fourth-order valence-electron chi connectivity index (χ4n) is 3.86. The van der Waals surface area contributed by atoms with Gasteiger partial charge in [0.2, 0.25) is 5.91 Å². The first-order chi connectivity index (χ1) is 16.0. The highest BCUT2D eigenvalue weighted by molar-refractivity contribution is 7.17. The lowest BCUT2D eigenvalue weighted by atomic mass is 10.0. The smallest absolute Gasteiger partial charge is 0.252 e. The number of nitrogens with one attached hydrogen (secondary N) is 1. The number of rotatable bonds is 6. The molecule has 0 spiro atoms. The predicted octanol–water partition coefficient (Wildman–Crippen LogP) is 5.38. The number of nitrogens with zero attached hydrogens (tertiary/aromatic N) is 2. The number of hydrogen-bond acceptors (Lipinski definition) is 5. The lowest BCUT2D eigenvalue weighted by Crippen LogP contribution is -2.19. The third-order valence-electron chi connectivity index (χ3n) is 5.34. The van der Waals surface area contributed by atoms with Gasteiger partial charge in [0.15, 0.2) is 4.96 Å². The third kappa shape index (κ3) is 4.06. The number of primary amides is 1. The van der Waals surface area contributed by atoms with E-state index >= 15 is 0 Å². The standard InChI is InChI=1S/C25H20N4O2S2/c1-15-21(17-10-6-3-7-11-17)22(23(26)31)24(33-15)28-20(30)12-18-14-32-25-27-19(13-29(18)25)16-8-4-2-5-9-16/h2-11,13-14H,12H2,1H3,(H2,26,31)(H,28,30). The Morgan fingerprint density at radius 1 is 1.03 bits per heavy atom. The molecule has 0 aliphatic heterocycles. The van der Waals surface area contributed by atoms with Crippen LogP contribution in [0.3, 0.4) is 0 Å². The third-order valence-corrected chi connectivity index (χ3v) is 7.25. The number of carbonyl (C=O) groups is 2. The van der Waals surface area contributed by atoms with Crippen molar-refractivity contribution in [3.8, 4) is 22.4 Å². The summed E-state index contributed by atoms with van der Waals surface area (Å²) in [4.78, 5) is 31.7. The maximum atomic E-state index is 12.9. The molecule has 0 saturated carbocycles. The number of benzene rings is 2. The molecule has 5 rings (SSSR count). The number of fused-ring (bicyclic) bond motifs is 1. The van der Waals surface area contributed by atoms with Crippen LogP contribution in [0, 0.1) is 6.92 Å². The van der Waals surface area contributed by atoms with E-state index in [1.165, 1.54) is 22.7 Å². The number of nitrogens with two attached hydrogens (primary N) is 1. The number of imidazole rings is 1. The fraction of sp³-hybridized carbons (Fsp3) is 0.0800. The molecular formula is C25H20N4O2S2. The number of thiazole rings is 1. The van der Waals surface area contributed by atoms with Crippen LogP contribution in [0.25, 0.3) is 27.3 Å². The average Bonchev–Trinajstić information content (AvgIpc) is 3.48. The molecule has 5 aromatic rings. The molecule has 164 valence electrons. The van der Waals surface area contributed by atoms with Gasteiger partial charge in [-0.15, -0.1) is 22.7 Å². The molecule has 0 saturated heterocycles. The lowest BCUT2D eigenvalue weighted by Gasteiger charge is -2.07. The van der Waals surface area contributed by atoms with E-state index in [2.05, 4.69) is 10.3 Å². The van der Waals surface area contributed by atoms with Gasteiger partial charge in [-0.2, -0.15) is 0 Å². The van der Waals surface area contributed by atoms with Crippen molar-refractivity contribution in [1.29, 1.82) is 0 Å². The van der Waals surface area contributed by atoms with Gasteiger partial charge in [-0.1, -0.05) is 60.7 Å². The molecule has 2 amide bonds. The summed E-state index contributed by atoms with van der Waals surface area (Å²) in [5.41, 5.74) is 10.4. The van der Waals surface area contributed by atoms with E-state index in [-0.39, 0.29) is 12.3 Å². The summed E-state index contributed by atoms with van der Waals surface area (Å²) in [6.07, 6.45) is 2.10. The molecule has 8 heteroatoms. The molecule has 2 aromatic carbocycles. The van der Waals surface area contributed by atoms with Gasteiger partial charge in [0.05, 0.1) is 17.7 Å². The van der Waals surface area contributed by atoms with E-state index in [1.54, 1.807) is 0 Å². The van der Waals surface area contributed by atoms with Gasteiger partial charge < -0.3 is 11.1 Å². The van der Waals surface area contributed by atoms with Gasteiger partial charge in [0, 0.05) is 33.3 Å². The molecule has 0 aliphatic carbocycles. The minimum atomic E-state index is -0.562. The first-order valence-electron chi connectivity index (χ1n) is 10.3. The van der Waals surface area contributed by atoms with Crippen LogP contribution in [0.2, 0.25) is 0 Å². The quantitative estimate of drug-likeness (QED) is 0.348. The number of aromatic nitrogens is 2. The molecule has 0 fully saturated rings. The van der Waals surface area contributed by atoms with Crippen LogP contribution in [-0.2, 0) is 11.2 Å². The summed E-state index contributed by atoms with van der Waals surface area (Å²) in [5, 5.41) is 5.32. The van der Waals surface area contributed by atoms with Crippen LogP contribution >= 0.6 is 22.7 Å². The highest BCUT2D eigenvalue weighted by atomic mass is 32.1. The summed E-state index contributed by atoms with van der Waals surface area (Å²) < 4.78 is 1.94. The molecule has 0 atom stereocenters. The Morgan fingerprint density at radius 3 is 2.36 bits per heavy atom. The Hall–Kier alpha value is -3.75. The van der Waals surface area contributed by atoms with Crippen molar-refractivity contribution in [2.75, 3.05) is 5.32 Å². The van der Waals surface area contributed by atoms with Crippen molar-refractivity contribution in [3.05, 3.63) is 88.4 Å². The number of thiophene rings is 1. The van der Waals surface area contributed by atoms with Gasteiger partial charge in [-0.3, -0.25) is 14.0 Å². The van der Waals surface area contributed by atoms with E-state index in [1.807, 2.05) is 83.6 Å². The molecule has 3 N–H and O–H groups in total. The van der Waals surface area contributed by atoms with E-state index in [0.29, 0.717) is 10.6 Å². The zero-order valence-electron chi connectivity index (χ0n) is 17.7. The van der Waals surface area contributed by atoms with Gasteiger partial charge >= 0.3 is 0 Å². The van der Waals surface area contributed by atoms with Crippen LogP contribution < -0.4 is 11.1 Å². The minimum Gasteiger partial charge on any atom is -0.365 e. The molecule has 3 aromatic heterocycles. The first kappa shape index (κ1) is 21.1. The van der Waals surface area contributed by atoms with Crippen LogP contribution in [0.5, 0.6) is 0 Å². The SMILES string of the molecule is Cc1sc(NC(=O)Cc2csc3nc(-c4ccccc4)cn23)c(C(N)=O)c1-c1ccccc1. The molecular weight excluding hydrogens is 452 g/mol. The second-order valence-corrected chi connectivity index (χ2v) is 9.63. The van der Waals surface area contributed by atoms with Crippen LogP contribution in [0.15, 0.2) is 72.2 Å². The van der Waals surface area contributed by atoms with Gasteiger partial charge in [0.1, 0.15) is 5.00 Å². The summed E-state index contributed by atoms with van der Waals surface area (Å²) in [7, 11) is 0. The van der Waals surface area contributed by atoms with Crippen molar-refractivity contribution in [1.82, 2.24) is 9.38 Å². The Balaban J connectivity index is 1.41. The normalized spacial score (nSPS) is 11.1. The maximum absolute atomic E-state index is 12.9. The number of aryl methyl sites for hydroxylation is 1. The highest BCUT2D eigenvalue weighted by Gasteiger charge is 2.23. The largest absolute Gasteiger partial charge is 0.365 e. The zero-order valence-corrected chi connectivity index (χ0v) is 19.4. The second-order valence-electron chi connectivity index (χ2n) is 7.56. The highest BCUT2D eigenvalue weighted by Crippen LogP contribution is 2.39. The van der Waals surface area contributed by atoms with E-state index < -0.39 is 5.91 Å². The Kier molecular flexibility index (Phi) is 5.53. The monoisotopic (exact) mass is 472 g/mol. The van der Waals surface area contributed by atoms with E-state index in [0.717, 1.165) is 37.9 Å². The summed E-state index contributed by atoms with van der Waals surface area (Å²) in [6.45, 7) is 1.92. The maximum Gasteiger partial charge on any atom is 0.252 e. The Bertz CT molecular complexity index is 1470. The molecule has 0 bridgehead atoms. The average molecular weight is 473 g/mol. The lowest BCUT2D eigenvalue weighted by molar-refractivity contribution is -0.115. The number of amides is 2. The Morgan fingerprint density at radius 2 is 1.70 bits per heavy atom. The topological polar surface area (TPSA) is 89.5 Å². The molecule has 0 aliphatic rings. The summed E-state index contributed by atoms with van der Waals surface area (Å²) in [5.74, 6) is -0.776. The number of carbonyl (C=O) groups excluding carboxylic acids is 2. The van der Waals surface area contributed by atoms with E-state index in [9.17, 15) is 9.59 Å². The Labute approximate surface area is 198 Å². The van der Waals surface area contributed by atoms with Crippen molar-refractivity contribution in [3.63, 3.8) is 0 Å². The molecule has 0 unspecified atom stereocenters. The van der Waals surface area contributed by atoms with Gasteiger partial charge in [0.25, 0.3) is 5.91 Å². The molecule has 6 nitrogen and oxygen atoms in total. The zero-order chi connectivity index (χ0) is 22.9. The van der Waals surface area contributed by atoms with Crippen molar-refractivity contribution < 1.29 is 9.59 Å². The van der Waals surface area contributed by atoms with Crippen LogP contribution in [0.4, 0.5) is 5.00 Å². The predicted molar refractivity (Wildman–Crippen MR) is 134 cm³/mol. The fourth-order valence-corrected chi connectivity index (χ4v) is 5.83. The van der Waals surface area contributed by atoms with Gasteiger partial charge in [-0.05, 0) is 12.5 Å². The second kappa shape index (κ2) is 8.65. The van der Waals surface area contributed by atoms with Crippen molar-refractivity contribution >= 4 is 44.4 Å².